The first-order valence-electron chi connectivity index (χ1n) is 17.1. The number of aryl methyl sites for hydroxylation is 1. The van der Waals surface area contributed by atoms with Gasteiger partial charge in [0.25, 0.3) is 0 Å². The summed E-state index contributed by atoms with van der Waals surface area (Å²) in [5.41, 5.74) is 1.08. The Morgan fingerprint density at radius 3 is 2.65 bits per heavy atom. The fraction of sp³-hybridized carbons (Fsp3) is 0.528. The number of sulfonamides is 1. The minimum absolute atomic E-state index is 0.108. The lowest BCUT2D eigenvalue weighted by atomic mass is 9.84. The third-order valence-electron chi connectivity index (χ3n) is 10.7. The summed E-state index contributed by atoms with van der Waals surface area (Å²) in [7, 11) is -0.386. The Hall–Kier alpha value is -3.84. The highest BCUT2D eigenvalue weighted by Crippen LogP contribution is 2.58. The number of pyridine rings is 1. The smallest absolute Gasteiger partial charge is 0.240 e. The summed E-state index contributed by atoms with van der Waals surface area (Å²) >= 11 is 1.47. The molecule has 260 valence electrons. The Morgan fingerprint density at radius 2 is 1.92 bits per heavy atom. The van der Waals surface area contributed by atoms with Gasteiger partial charge in [0, 0.05) is 54.5 Å². The molecule has 49 heavy (non-hydrogen) atoms. The van der Waals surface area contributed by atoms with Crippen molar-refractivity contribution in [1.82, 2.24) is 19.6 Å². The van der Waals surface area contributed by atoms with Gasteiger partial charge in [-0.15, -0.1) is 11.3 Å². The van der Waals surface area contributed by atoms with Gasteiger partial charge < -0.3 is 14.4 Å². The zero-order valence-electron chi connectivity index (χ0n) is 28.0. The van der Waals surface area contributed by atoms with Crippen molar-refractivity contribution < 1.29 is 32.3 Å². The average Bonchev–Trinajstić information content (AvgIpc) is 3.94. The van der Waals surface area contributed by atoms with Crippen molar-refractivity contribution in [3.63, 3.8) is 0 Å². The molecular weight excluding hydrogens is 665 g/mol. The number of thiazole rings is 1. The van der Waals surface area contributed by atoms with Crippen LogP contribution in [0.3, 0.4) is 0 Å². The number of methoxy groups -OCH3 is 1. The Bertz CT molecular complexity index is 1920. The molecule has 1 aromatic carbocycles. The highest BCUT2D eigenvalue weighted by atomic mass is 32.2. The molecule has 4 aliphatic rings. The largest absolute Gasteiger partial charge is 0.496 e. The van der Waals surface area contributed by atoms with Crippen LogP contribution in [0.15, 0.2) is 41.9 Å². The average molecular weight is 707 g/mol. The van der Waals surface area contributed by atoms with Gasteiger partial charge in [0.1, 0.15) is 34.1 Å². The molecule has 1 N–H and O–H groups in total. The van der Waals surface area contributed by atoms with Crippen molar-refractivity contribution in [2.45, 2.75) is 76.1 Å². The number of nitrogens with one attached hydrogen (secondary N) is 1. The molecule has 5 atom stereocenters. The molecule has 0 saturated heterocycles. The van der Waals surface area contributed by atoms with E-state index in [9.17, 15) is 22.8 Å². The van der Waals surface area contributed by atoms with Crippen LogP contribution in [0, 0.1) is 30.1 Å². The van der Waals surface area contributed by atoms with Gasteiger partial charge in [-0.1, -0.05) is 12.2 Å². The Kier molecular flexibility index (Phi) is 9.01. The predicted molar refractivity (Wildman–Crippen MR) is 186 cm³/mol. The van der Waals surface area contributed by atoms with E-state index in [-0.39, 0.29) is 24.0 Å². The van der Waals surface area contributed by atoms with Crippen LogP contribution in [-0.4, -0.2) is 72.9 Å². The summed E-state index contributed by atoms with van der Waals surface area (Å²) in [5, 5.41) is 2.85. The summed E-state index contributed by atoms with van der Waals surface area (Å²) in [5.74, 6) is -1.17. The number of allylic oxidation sites excluding steroid dienone is 2. The van der Waals surface area contributed by atoms with Gasteiger partial charge >= 0.3 is 0 Å². The molecule has 0 unspecified atom stereocenters. The summed E-state index contributed by atoms with van der Waals surface area (Å²) in [6, 6.07) is 5.64. The standard InChI is InChI=1S/C36H42N4O7S2/c1-21-30(46-3)12-11-25-31(18-28(38-32(21)25)33-37-13-15-48-33)47-23-16-26-27(17-23)34(42)40(2)14-7-5-4-6-8-22-19-36(22,20-29(26)41)35(43)39-49(44,45)24-9-10-24/h6,8,11-13,15,18,22-24,26-27H,4-5,7,9-10,14,16-17,19-20H2,1-3H3,(H,39,43)/b8-6-/t22-,23-,26-,27-,36-/m1/s1. The third-order valence-corrected chi connectivity index (χ3v) is 13.3. The van der Waals surface area contributed by atoms with Crippen molar-refractivity contribution in [2.24, 2.45) is 23.2 Å². The quantitative estimate of drug-likeness (QED) is 0.327. The van der Waals surface area contributed by atoms with Gasteiger partial charge in [0.2, 0.25) is 21.8 Å². The molecule has 3 saturated carbocycles. The highest BCUT2D eigenvalue weighted by molar-refractivity contribution is 7.90. The summed E-state index contributed by atoms with van der Waals surface area (Å²) < 4.78 is 40.1. The van der Waals surface area contributed by atoms with E-state index in [1.54, 1.807) is 25.3 Å². The minimum Gasteiger partial charge on any atom is -0.496 e. The first kappa shape index (κ1) is 33.6. The number of amides is 2. The van der Waals surface area contributed by atoms with Crippen LogP contribution >= 0.6 is 11.3 Å². The zero-order valence-corrected chi connectivity index (χ0v) is 29.6. The highest BCUT2D eigenvalue weighted by Gasteiger charge is 2.61. The first-order valence-corrected chi connectivity index (χ1v) is 19.5. The number of fused-ring (bicyclic) bond motifs is 3. The van der Waals surface area contributed by atoms with Crippen LogP contribution in [0.1, 0.15) is 63.4 Å². The van der Waals surface area contributed by atoms with E-state index in [1.807, 2.05) is 42.7 Å². The molecule has 0 bridgehead atoms. The second kappa shape index (κ2) is 13.1. The number of hydrogen-bond acceptors (Lipinski definition) is 10. The number of benzene rings is 1. The topological polar surface area (TPSA) is 145 Å². The van der Waals surface area contributed by atoms with Crippen molar-refractivity contribution >= 4 is 49.9 Å². The Balaban J connectivity index is 1.20. The van der Waals surface area contributed by atoms with Crippen molar-refractivity contribution in [2.75, 3.05) is 20.7 Å². The van der Waals surface area contributed by atoms with Crippen molar-refractivity contribution in [1.29, 1.82) is 0 Å². The van der Waals surface area contributed by atoms with Gasteiger partial charge in [-0.2, -0.15) is 0 Å². The van der Waals surface area contributed by atoms with Crippen LogP contribution < -0.4 is 14.2 Å². The number of carbonyl (C=O) groups excluding carboxylic acids is 3. The second-order valence-corrected chi connectivity index (χ2v) is 16.9. The summed E-state index contributed by atoms with van der Waals surface area (Å²) in [6.07, 6.45) is 9.69. The molecule has 2 amide bonds. The number of ketones is 1. The number of Topliss-reactive ketones (excluding diaryl/α,β-unsaturated/α-hetero) is 1. The predicted octanol–water partition coefficient (Wildman–Crippen LogP) is 5.22. The Labute approximate surface area is 290 Å². The fourth-order valence-corrected chi connectivity index (χ4v) is 9.57. The van der Waals surface area contributed by atoms with E-state index in [0.717, 1.165) is 35.2 Å². The zero-order chi connectivity index (χ0) is 34.5. The lowest BCUT2D eigenvalue weighted by molar-refractivity contribution is -0.140. The number of ether oxygens (including phenoxy) is 2. The van der Waals surface area contributed by atoms with Gasteiger partial charge in [-0.3, -0.25) is 19.1 Å². The monoisotopic (exact) mass is 706 g/mol. The van der Waals surface area contributed by atoms with E-state index in [0.29, 0.717) is 61.4 Å². The van der Waals surface area contributed by atoms with E-state index in [2.05, 4.69) is 9.71 Å². The maximum atomic E-state index is 14.3. The molecule has 3 fully saturated rings. The molecule has 3 heterocycles. The SMILES string of the molecule is COc1ccc2c(O[C@@H]3C[C@H]4C(=O)C[C@]5(C(=O)NS(=O)(=O)C6CC6)C[C@H]5/C=C\CCCCN(C)C(=O)[C@@H]4C3)cc(-c3nccs3)nc2c1C. The maximum Gasteiger partial charge on any atom is 0.240 e. The van der Waals surface area contributed by atoms with E-state index in [4.69, 9.17) is 14.5 Å². The van der Waals surface area contributed by atoms with Gasteiger partial charge in [-0.05, 0) is 76.3 Å². The molecule has 1 aliphatic heterocycles. The van der Waals surface area contributed by atoms with Gasteiger partial charge in [-0.25, -0.2) is 18.4 Å². The molecule has 2 aromatic heterocycles. The number of hydrogen-bond donors (Lipinski definition) is 1. The summed E-state index contributed by atoms with van der Waals surface area (Å²) in [4.78, 5) is 53.0. The lowest BCUT2D eigenvalue weighted by Gasteiger charge is -2.26. The normalized spacial score (nSPS) is 28.3. The number of aromatic nitrogens is 2. The van der Waals surface area contributed by atoms with Crippen LogP contribution in [0.2, 0.25) is 0 Å². The molecule has 0 spiro atoms. The van der Waals surface area contributed by atoms with Crippen molar-refractivity contribution in [3.05, 3.63) is 47.5 Å². The lowest BCUT2D eigenvalue weighted by Crippen LogP contribution is -2.42. The van der Waals surface area contributed by atoms with Crippen LogP contribution in [-0.2, 0) is 24.4 Å². The van der Waals surface area contributed by atoms with Gasteiger partial charge in [0.15, 0.2) is 0 Å². The Morgan fingerprint density at radius 1 is 1.12 bits per heavy atom. The van der Waals surface area contributed by atoms with Crippen LogP contribution in [0.25, 0.3) is 21.6 Å². The number of nitrogens with zero attached hydrogens (tertiary/aromatic N) is 3. The molecule has 7 rings (SSSR count). The van der Waals surface area contributed by atoms with Crippen molar-refractivity contribution in [3.8, 4) is 22.2 Å². The number of rotatable bonds is 7. The van der Waals surface area contributed by atoms with Crippen LogP contribution in [0.5, 0.6) is 11.5 Å². The molecular formula is C36H42N4O7S2. The minimum atomic E-state index is -3.78. The van der Waals surface area contributed by atoms with E-state index < -0.39 is 44.5 Å². The number of carbonyl (C=O) groups is 3. The molecule has 3 aliphatic carbocycles. The van der Waals surface area contributed by atoms with Gasteiger partial charge in [0.05, 0.1) is 29.2 Å². The third kappa shape index (κ3) is 6.59. The molecule has 3 aromatic rings. The summed E-state index contributed by atoms with van der Waals surface area (Å²) in [6.45, 7) is 2.52. The maximum absolute atomic E-state index is 14.3. The van der Waals surface area contributed by atoms with E-state index >= 15 is 0 Å². The fourth-order valence-electron chi connectivity index (χ4n) is 7.58. The van der Waals surface area contributed by atoms with E-state index in [1.165, 1.54) is 11.3 Å². The molecule has 11 nitrogen and oxygen atoms in total. The molecule has 13 heteroatoms. The second-order valence-electron chi connectivity index (χ2n) is 14.0. The molecule has 0 radical (unpaired) electrons. The van der Waals surface area contributed by atoms with Crippen LogP contribution in [0.4, 0.5) is 0 Å². The first-order chi connectivity index (χ1) is 23.5.